The summed E-state index contributed by atoms with van der Waals surface area (Å²) in [5, 5.41) is 3.18. The van der Waals surface area contributed by atoms with E-state index in [4.69, 9.17) is 14.5 Å². The van der Waals surface area contributed by atoms with Gasteiger partial charge in [-0.2, -0.15) is 0 Å². The Hall–Kier alpha value is -1.59. The van der Waals surface area contributed by atoms with Gasteiger partial charge in [0.15, 0.2) is 0 Å². The molecule has 0 radical (unpaired) electrons. The van der Waals surface area contributed by atoms with Crippen LogP contribution in [-0.4, -0.2) is 37.2 Å². The van der Waals surface area contributed by atoms with Gasteiger partial charge in [0, 0.05) is 24.5 Å². The summed E-state index contributed by atoms with van der Waals surface area (Å²) < 4.78 is 10.8. The van der Waals surface area contributed by atoms with E-state index in [1.807, 2.05) is 18.2 Å². The minimum absolute atomic E-state index is 0.797. The standard InChI is InChI=1S/C19H26N2O2S/c1-4-9-21(11-14-5-6-14)12-15-13-24-19(20-15)17-8-7-16(22-2)10-18(17)23-3/h7-8,10,13-14H,4-6,9,11-12H2,1-3H3. The largest absolute Gasteiger partial charge is 0.497 e. The maximum absolute atomic E-state index is 5.51. The van der Waals surface area contributed by atoms with Crippen LogP contribution in [0.1, 0.15) is 31.9 Å². The van der Waals surface area contributed by atoms with Crippen LogP contribution in [0.15, 0.2) is 23.6 Å². The van der Waals surface area contributed by atoms with Crippen LogP contribution in [0.3, 0.4) is 0 Å². The molecule has 2 aromatic rings. The molecule has 1 aromatic heterocycles. The molecule has 0 atom stereocenters. The van der Waals surface area contributed by atoms with Crippen LogP contribution in [0.4, 0.5) is 0 Å². The third-order valence-corrected chi connectivity index (χ3v) is 5.25. The van der Waals surface area contributed by atoms with Gasteiger partial charge in [-0.05, 0) is 43.9 Å². The van der Waals surface area contributed by atoms with Crippen molar-refractivity contribution in [2.24, 2.45) is 5.92 Å². The molecule has 0 spiro atoms. The molecule has 1 aromatic carbocycles. The molecule has 1 heterocycles. The number of nitrogens with zero attached hydrogens (tertiary/aromatic N) is 2. The first-order valence-corrected chi connectivity index (χ1v) is 9.50. The molecule has 24 heavy (non-hydrogen) atoms. The molecule has 5 heteroatoms. The maximum atomic E-state index is 5.51. The summed E-state index contributed by atoms with van der Waals surface area (Å²) in [5.74, 6) is 2.51. The zero-order chi connectivity index (χ0) is 16.9. The summed E-state index contributed by atoms with van der Waals surface area (Å²) in [7, 11) is 3.35. The lowest BCUT2D eigenvalue weighted by molar-refractivity contribution is 0.253. The fourth-order valence-corrected chi connectivity index (χ4v) is 3.76. The van der Waals surface area contributed by atoms with E-state index in [-0.39, 0.29) is 0 Å². The van der Waals surface area contributed by atoms with Crippen molar-refractivity contribution >= 4 is 11.3 Å². The summed E-state index contributed by atoms with van der Waals surface area (Å²) in [6.07, 6.45) is 3.98. The lowest BCUT2D eigenvalue weighted by Crippen LogP contribution is -2.26. The van der Waals surface area contributed by atoms with Gasteiger partial charge >= 0.3 is 0 Å². The highest BCUT2D eigenvalue weighted by atomic mass is 32.1. The topological polar surface area (TPSA) is 34.6 Å². The molecule has 0 unspecified atom stereocenters. The Morgan fingerprint density at radius 3 is 2.75 bits per heavy atom. The maximum Gasteiger partial charge on any atom is 0.132 e. The van der Waals surface area contributed by atoms with E-state index in [9.17, 15) is 0 Å². The van der Waals surface area contributed by atoms with Gasteiger partial charge in [-0.25, -0.2) is 4.98 Å². The second kappa shape index (κ2) is 7.99. The highest BCUT2D eigenvalue weighted by Gasteiger charge is 2.24. The average molecular weight is 346 g/mol. The molecule has 0 N–H and O–H groups in total. The molecule has 1 fully saturated rings. The van der Waals surface area contributed by atoms with Crippen molar-refractivity contribution < 1.29 is 9.47 Å². The summed E-state index contributed by atoms with van der Waals surface area (Å²) in [4.78, 5) is 7.39. The van der Waals surface area contributed by atoms with Gasteiger partial charge in [-0.15, -0.1) is 11.3 Å². The number of rotatable bonds is 9. The van der Waals surface area contributed by atoms with Crippen molar-refractivity contribution in [1.29, 1.82) is 0 Å². The number of methoxy groups -OCH3 is 2. The Balaban J connectivity index is 1.74. The third-order valence-electron chi connectivity index (χ3n) is 4.33. The molecule has 0 bridgehead atoms. The lowest BCUT2D eigenvalue weighted by atomic mass is 10.2. The molecule has 1 saturated carbocycles. The Labute approximate surface area is 148 Å². The highest BCUT2D eigenvalue weighted by Crippen LogP contribution is 2.35. The van der Waals surface area contributed by atoms with Gasteiger partial charge in [0.05, 0.1) is 25.5 Å². The quantitative estimate of drug-likeness (QED) is 0.672. The number of hydrogen-bond acceptors (Lipinski definition) is 5. The second-order valence-electron chi connectivity index (χ2n) is 6.39. The van der Waals surface area contributed by atoms with E-state index in [0.717, 1.165) is 46.8 Å². The number of benzene rings is 1. The minimum atomic E-state index is 0.797. The SMILES string of the molecule is CCCN(Cc1csc(-c2ccc(OC)cc2OC)n1)CC1CC1. The molecule has 0 saturated heterocycles. The van der Waals surface area contributed by atoms with E-state index in [0.29, 0.717) is 0 Å². The summed E-state index contributed by atoms with van der Waals surface area (Å²) >= 11 is 1.68. The fourth-order valence-electron chi connectivity index (χ4n) is 2.92. The number of hydrogen-bond donors (Lipinski definition) is 0. The number of thiazole rings is 1. The molecule has 130 valence electrons. The first kappa shape index (κ1) is 17.2. The van der Waals surface area contributed by atoms with Crippen molar-refractivity contribution in [2.75, 3.05) is 27.3 Å². The molecule has 0 aliphatic heterocycles. The van der Waals surface area contributed by atoms with Crippen LogP contribution >= 0.6 is 11.3 Å². The molecular formula is C19H26N2O2S. The van der Waals surface area contributed by atoms with Gasteiger partial charge in [-0.1, -0.05) is 6.92 Å². The van der Waals surface area contributed by atoms with Crippen LogP contribution in [-0.2, 0) is 6.54 Å². The minimum Gasteiger partial charge on any atom is -0.497 e. The van der Waals surface area contributed by atoms with E-state index in [2.05, 4.69) is 17.2 Å². The van der Waals surface area contributed by atoms with Crippen LogP contribution in [0, 0.1) is 5.92 Å². The second-order valence-corrected chi connectivity index (χ2v) is 7.25. The van der Waals surface area contributed by atoms with E-state index < -0.39 is 0 Å². The first-order chi connectivity index (χ1) is 11.7. The van der Waals surface area contributed by atoms with Gasteiger partial charge in [0.25, 0.3) is 0 Å². The summed E-state index contributed by atoms with van der Waals surface area (Å²) in [5.41, 5.74) is 2.18. The van der Waals surface area contributed by atoms with Crippen molar-refractivity contribution in [3.05, 3.63) is 29.3 Å². The van der Waals surface area contributed by atoms with Crippen LogP contribution < -0.4 is 9.47 Å². The van der Waals surface area contributed by atoms with E-state index >= 15 is 0 Å². The lowest BCUT2D eigenvalue weighted by Gasteiger charge is -2.20. The van der Waals surface area contributed by atoms with E-state index in [1.54, 1.807) is 25.6 Å². The van der Waals surface area contributed by atoms with Crippen molar-refractivity contribution in [3.63, 3.8) is 0 Å². The molecular weight excluding hydrogens is 320 g/mol. The van der Waals surface area contributed by atoms with Crippen LogP contribution in [0.2, 0.25) is 0 Å². The Morgan fingerprint density at radius 2 is 2.08 bits per heavy atom. The Bertz CT molecular complexity index is 667. The Morgan fingerprint density at radius 1 is 1.25 bits per heavy atom. The molecule has 1 aliphatic rings. The van der Waals surface area contributed by atoms with Crippen molar-refractivity contribution in [1.82, 2.24) is 9.88 Å². The molecule has 3 rings (SSSR count). The van der Waals surface area contributed by atoms with Crippen LogP contribution in [0.25, 0.3) is 10.6 Å². The smallest absolute Gasteiger partial charge is 0.132 e. The fraction of sp³-hybridized carbons (Fsp3) is 0.526. The van der Waals surface area contributed by atoms with Crippen molar-refractivity contribution in [3.8, 4) is 22.1 Å². The zero-order valence-corrected chi connectivity index (χ0v) is 15.6. The van der Waals surface area contributed by atoms with Gasteiger partial charge in [0.2, 0.25) is 0 Å². The summed E-state index contributed by atoms with van der Waals surface area (Å²) in [6, 6.07) is 5.89. The predicted molar refractivity (Wildman–Crippen MR) is 98.9 cm³/mol. The normalized spacial score (nSPS) is 14.2. The summed E-state index contributed by atoms with van der Waals surface area (Å²) in [6.45, 7) is 5.55. The predicted octanol–water partition coefficient (Wildman–Crippen LogP) is 4.45. The van der Waals surface area contributed by atoms with Gasteiger partial charge in [0.1, 0.15) is 16.5 Å². The zero-order valence-electron chi connectivity index (χ0n) is 14.7. The third kappa shape index (κ3) is 4.28. The molecule has 4 nitrogen and oxygen atoms in total. The highest BCUT2D eigenvalue weighted by molar-refractivity contribution is 7.13. The van der Waals surface area contributed by atoms with Gasteiger partial charge < -0.3 is 9.47 Å². The Kier molecular flexibility index (Phi) is 5.74. The number of aromatic nitrogens is 1. The van der Waals surface area contributed by atoms with Crippen molar-refractivity contribution in [2.45, 2.75) is 32.7 Å². The van der Waals surface area contributed by atoms with Gasteiger partial charge in [-0.3, -0.25) is 4.90 Å². The van der Waals surface area contributed by atoms with E-state index in [1.165, 1.54) is 25.8 Å². The molecule has 0 amide bonds. The first-order valence-electron chi connectivity index (χ1n) is 8.62. The monoisotopic (exact) mass is 346 g/mol. The average Bonchev–Trinajstić information content (AvgIpc) is 3.30. The van der Waals surface area contributed by atoms with Crippen LogP contribution in [0.5, 0.6) is 11.5 Å². The number of ether oxygens (including phenoxy) is 2. The molecule has 1 aliphatic carbocycles.